The van der Waals surface area contributed by atoms with Crippen molar-refractivity contribution in [3.05, 3.63) is 34.4 Å². The van der Waals surface area contributed by atoms with E-state index in [1.807, 2.05) is 0 Å². The first-order valence-corrected chi connectivity index (χ1v) is 15.6. The van der Waals surface area contributed by atoms with Gasteiger partial charge in [0.2, 0.25) is 0 Å². The molecule has 0 saturated carbocycles. The zero-order valence-corrected chi connectivity index (χ0v) is 23.5. The fourth-order valence-corrected chi connectivity index (χ4v) is 8.67. The molecule has 0 saturated heterocycles. The maximum atomic E-state index is 5.67. The van der Waals surface area contributed by atoms with Crippen LogP contribution in [0.3, 0.4) is 0 Å². The van der Waals surface area contributed by atoms with Crippen molar-refractivity contribution in [1.82, 2.24) is 0 Å². The van der Waals surface area contributed by atoms with E-state index in [9.17, 15) is 0 Å². The van der Waals surface area contributed by atoms with Crippen LogP contribution in [0.15, 0.2) is 12.1 Å². The summed E-state index contributed by atoms with van der Waals surface area (Å²) in [4.78, 5) is 0. The van der Waals surface area contributed by atoms with Crippen LogP contribution in [0.25, 0.3) is 0 Å². The van der Waals surface area contributed by atoms with Crippen LogP contribution in [0.1, 0.15) is 22.3 Å². The number of benzene rings is 1. The smallest absolute Gasteiger partial charge is 0.377 e. The van der Waals surface area contributed by atoms with E-state index in [2.05, 4.69) is 19.1 Å². The Morgan fingerprint density at radius 2 is 0.742 bits per heavy atom. The Bertz CT molecular complexity index is 610. The average Bonchev–Trinajstić information content (AvgIpc) is 2.82. The zero-order valence-electron chi connectivity index (χ0n) is 20.5. The van der Waals surface area contributed by atoms with E-state index >= 15 is 0 Å². The zero-order chi connectivity index (χ0) is 23.7. The maximum absolute atomic E-state index is 5.67. The van der Waals surface area contributed by atoms with Gasteiger partial charge in [0, 0.05) is 82.1 Å². The minimum absolute atomic E-state index is 0.500. The van der Waals surface area contributed by atoms with Gasteiger partial charge in [-0.15, -0.1) is 0 Å². The predicted molar refractivity (Wildman–Crippen MR) is 123 cm³/mol. The van der Waals surface area contributed by atoms with Crippen LogP contribution in [0, 0.1) is 6.92 Å². The SMILES string of the molecule is CO[Si](Cc1cc(C[Si](OC)(OC)OC)c(C)c(C[Si](OC)(OC)OC)c1)(OC)OC. The second kappa shape index (κ2) is 12.7. The summed E-state index contributed by atoms with van der Waals surface area (Å²) in [7, 11) is 5.87. The molecule has 0 heterocycles. The Balaban J connectivity index is 3.58. The molecule has 1 rings (SSSR count). The van der Waals surface area contributed by atoms with Crippen molar-refractivity contribution in [3.63, 3.8) is 0 Å². The Labute approximate surface area is 189 Å². The maximum Gasteiger partial charge on any atom is 0.504 e. The van der Waals surface area contributed by atoms with Gasteiger partial charge in [0.15, 0.2) is 0 Å². The number of hydrogen-bond donors (Lipinski definition) is 0. The van der Waals surface area contributed by atoms with Crippen molar-refractivity contribution in [2.75, 3.05) is 64.0 Å². The van der Waals surface area contributed by atoms with E-state index in [-0.39, 0.29) is 0 Å². The van der Waals surface area contributed by atoms with Crippen molar-refractivity contribution in [2.24, 2.45) is 0 Å². The Hall–Kier alpha value is -0.489. The second-order valence-corrected chi connectivity index (χ2v) is 15.8. The summed E-state index contributed by atoms with van der Waals surface area (Å²) in [6.07, 6.45) is 0. The van der Waals surface area contributed by atoms with Gasteiger partial charge < -0.3 is 39.8 Å². The highest BCUT2D eigenvalue weighted by Gasteiger charge is 2.43. The first kappa shape index (κ1) is 28.5. The van der Waals surface area contributed by atoms with Crippen LogP contribution < -0.4 is 0 Å². The van der Waals surface area contributed by atoms with Crippen LogP contribution in [-0.4, -0.2) is 90.4 Å². The Kier molecular flexibility index (Phi) is 11.7. The Morgan fingerprint density at radius 3 is 1.00 bits per heavy atom. The third-order valence-corrected chi connectivity index (χ3v) is 13.8. The van der Waals surface area contributed by atoms with Crippen molar-refractivity contribution >= 4 is 26.4 Å². The molecule has 0 N–H and O–H groups in total. The third-order valence-electron chi connectivity index (χ3n) is 5.72. The fourth-order valence-electron chi connectivity index (χ4n) is 3.50. The summed E-state index contributed by atoms with van der Waals surface area (Å²) in [5.74, 6) is 0. The summed E-state index contributed by atoms with van der Waals surface area (Å²) in [6.45, 7) is 2.06. The highest BCUT2D eigenvalue weighted by atomic mass is 28.4. The summed E-state index contributed by atoms with van der Waals surface area (Å²) in [5.41, 5.74) is 4.17. The highest BCUT2D eigenvalue weighted by Crippen LogP contribution is 2.27. The summed E-state index contributed by atoms with van der Waals surface area (Å²) >= 11 is 0. The predicted octanol–water partition coefficient (Wildman–Crippen LogP) is 1.87. The van der Waals surface area contributed by atoms with Gasteiger partial charge in [-0.25, -0.2) is 0 Å². The fraction of sp³-hybridized carbons (Fsp3) is 0.684. The minimum atomic E-state index is -2.87. The molecule has 1 aromatic carbocycles. The lowest BCUT2D eigenvalue weighted by atomic mass is 10.0. The topological polar surface area (TPSA) is 83.1 Å². The Morgan fingerprint density at radius 1 is 0.484 bits per heavy atom. The van der Waals surface area contributed by atoms with E-state index in [0.717, 1.165) is 22.3 Å². The first-order valence-electron chi connectivity index (χ1n) is 9.79. The monoisotopic (exact) mass is 494 g/mol. The minimum Gasteiger partial charge on any atom is -0.377 e. The molecule has 0 aromatic heterocycles. The normalized spacial score (nSPS) is 13.1. The molecule has 0 spiro atoms. The molecule has 12 heteroatoms. The molecule has 0 radical (unpaired) electrons. The van der Waals surface area contributed by atoms with Crippen molar-refractivity contribution in [1.29, 1.82) is 0 Å². The van der Waals surface area contributed by atoms with Gasteiger partial charge in [0.25, 0.3) is 0 Å². The number of hydrogen-bond acceptors (Lipinski definition) is 9. The van der Waals surface area contributed by atoms with Crippen LogP contribution in [-0.2, 0) is 58.0 Å². The van der Waals surface area contributed by atoms with Crippen molar-refractivity contribution < 1.29 is 39.8 Å². The standard InChI is InChI=1S/C19H38O9Si3/c1-16-18(14-30(23-5,24-6)25-7)11-17(13-29(20-2,21-3)22-4)12-19(16)15-31(26-8,27-9)28-10/h11-12H,13-15H2,1-10H3. The summed E-state index contributed by atoms with van der Waals surface area (Å²) in [6, 6.07) is 5.72. The highest BCUT2D eigenvalue weighted by molar-refractivity contribution is 6.61. The van der Waals surface area contributed by atoms with E-state index < -0.39 is 26.4 Å². The van der Waals surface area contributed by atoms with Crippen LogP contribution in [0.4, 0.5) is 0 Å². The molecule has 0 bridgehead atoms. The molecule has 0 aliphatic heterocycles. The molecule has 1 aromatic rings. The molecular weight excluding hydrogens is 456 g/mol. The molecule has 9 nitrogen and oxygen atoms in total. The van der Waals surface area contributed by atoms with Crippen molar-refractivity contribution in [2.45, 2.75) is 25.1 Å². The summed E-state index contributed by atoms with van der Waals surface area (Å²) in [5, 5.41) is 0. The molecule has 0 unspecified atom stereocenters. The average molecular weight is 495 g/mol. The van der Waals surface area contributed by atoms with E-state index in [1.165, 1.54) is 0 Å². The molecular formula is C19H38O9Si3. The van der Waals surface area contributed by atoms with Gasteiger partial charge >= 0.3 is 26.4 Å². The molecule has 31 heavy (non-hydrogen) atoms. The number of rotatable bonds is 15. The molecule has 0 aliphatic rings. The molecule has 0 fully saturated rings. The van der Waals surface area contributed by atoms with Crippen LogP contribution in [0.2, 0.25) is 0 Å². The molecule has 0 atom stereocenters. The lowest BCUT2D eigenvalue weighted by Gasteiger charge is -2.29. The van der Waals surface area contributed by atoms with Gasteiger partial charge in [-0.05, 0) is 29.2 Å². The van der Waals surface area contributed by atoms with Gasteiger partial charge in [-0.3, -0.25) is 0 Å². The first-order chi connectivity index (χ1) is 14.7. The lowest BCUT2D eigenvalue weighted by molar-refractivity contribution is 0.122. The van der Waals surface area contributed by atoms with E-state index in [0.29, 0.717) is 18.1 Å². The molecule has 0 amide bonds. The van der Waals surface area contributed by atoms with Crippen molar-refractivity contribution in [3.8, 4) is 0 Å². The van der Waals surface area contributed by atoms with E-state index in [4.69, 9.17) is 39.8 Å². The largest absolute Gasteiger partial charge is 0.504 e. The second-order valence-electron chi connectivity index (χ2n) is 6.96. The van der Waals surface area contributed by atoms with Gasteiger partial charge in [0.1, 0.15) is 0 Å². The van der Waals surface area contributed by atoms with Gasteiger partial charge in [-0.1, -0.05) is 12.1 Å². The lowest BCUT2D eigenvalue weighted by Crippen LogP contribution is -2.47. The summed E-state index contributed by atoms with van der Waals surface area (Å²) < 4.78 is 50.9. The molecule has 0 aliphatic carbocycles. The van der Waals surface area contributed by atoms with Crippen LogP contribution in [0.5, 0.6) is 0 Å². The molecule has 180 valence electrons. The van der Waals surface area contributed by atoms with E-state index in [1.54, 1.807) is 64.0 Å². The third kappa shape index (κ3) is 6.75. The van der Waals surface area contributed by atoms with Gasteiger partial charge in [0.05, 0.1) is 0 Å². The van der Waals surface area contributed by atoms with Crippen LogP contribution >= 0.6 is 0 Å². The van der Waals surface area contributed by atoms with Gasteiger partial charge in [-0.2, -0.15) is 0 Å². The quantitative estimate of drug-likeness (QED) is 0.339.